The van der Waals surface area contributed by atoms with Gasteiger partial charge >= 0.3 is 18.4 Å². The molecule has 10 heteroatoms. The Hall–Kier alpha value is -1.97. The number of amides is 1. The van der Waals surface area contributed by atoms with Gasteiger partial charge in [-0.1, -0.05) is 30.3 Å². The summed E-state index contributed by atoms with van der Waals surface area (Å²) in [5.74, 6) is 0. The predicted octanol–water partition coefficient (Wildman–Crippen LogP) is 3.48. The molecule has 0 unspecified atom stereocenters. The molecule has 0 radical (unpaired) electrons. The summed E-state index contributed by atoms with van der Waals surface area (Å²) >= 11 is 0. The lowest BCUT2D eigenvalue weighted by atomic mass is 10.1. The number of hydrogen-bond acceptors (Lipinski definition) is 3. The van der Waals surface area contributed by atoms with Crippen LogP contribution in [-0.2, 0) is 11.2 Å². The molecule has 146 valence electrons. The quantitative estimate of drug-likeness (QED) is 0.746. The molecule has 0 aromatic heterocycles. The van der Waals surface area contributed by atoms with Crippen LogP contribution in [-0.4, -0.2) is 67.1 Å². The largest absolute Gasteiger partial charge is 0.434 e. The standard InChI is InChI=1S/C16H18F6N2O2/c17-15(18,19)13(16(20,21)22)26-14(25)24-10-8-23(9-11-24)7-6-12-4-2-1-3-5-12/h1-5,13H,6-11H2. The first-order valence-electron chi connectivity index (χ1n) is 7.92. The topological polar surface area (TPSA) is 32.8 Å². The van der Waals surface area contributed by atoms with Gasteiger partial charge in [-0.15, -0.1) is 0 Å². The van der Waals surface area contributed by atoms with Crippen LogP contribution in [0, 0.1) is 0 Å². The third-order valence-corrected chi connectivity index (χ3v) is 4.00. The molecule has 1 aliphatic heterocycles. The second kappa shape index (κ2) is 8.15. The maximum Gasteiger partial charge on any atom is 0.434 e. The van der Waals surface area contributed by atoms with Crippen LogP contribution in [0.2, 0.25) is 0 Å². The SMILES string of the molecule is O=C(OC(C(F)(F)F)C(F)(F)F)N1CCN(CCc2ccccc2)CC1. The zero-order chi connectivity index (χ0) is 19.4. The van der Waals surface area contributed by atoms with Crippen LogP contribution < -0.4 is 0 Å². The lowest BCUT2D eigenvalue weighted by molar-refractivity contribution is -0.308. The van der Waals surface area contributed by atoms with Gasteiger partial charge in [-0.05, 0) is 12.0 Å². The van der Waals surface area contributed by atoms with Crippen molar-refractivity contribution < 1.29 is 35.9 Å². The van der Waals surface area contributed by atoms with E-state index < -0.39 is 24.5 Å². The normalized spacial score (nSPS) is 16.8. The maximum atomic E-state index is 12.4. The highest BCUT2D eigenvalue weighted by atomic mass is 19.4. The Morgan fingerprint density at radius 1 is 0.962 bits per heavy atom. The van der Waals surface area contributed by atoms with E-state index in [0.717, 1.165) is 16.9 Å². The summed E-state index contributed by atoms with van der Waals surface area (Å²) in [7, 11) is 0. The molecule has 1 aliphatic rings. The molecule has 0 aliphatic carbocycles. The van der Waals surface area contributed by atoms with Gasteiger partial charge in [0.2, 0.25) is 0 Å². The van der Waals surface area contributed by atoms with Crippen molar-refractivity contribution in [3.63, 3.8) is 0 Å². The molecule has 1 amide bonds. The second-order valence-corrected chi connectivity index (χ2v) is 5.91. The number of alkyl halides is 6. The minimum Gasteiger partial charge on any atom is -0.426 e. The van der Waals surface area contributed by atoms with E-state index >= 15 is 0 Å². The number of benzene rings is 1. The summed E-state index contributed by atoms with van der Waals surface area (Å²) in [6, 6.07) is 9.62. The smallest absolute Gasteiger partial charge is 0.426 e. The van der Waals surface area contributed by atoms with Crippen LogP contribution >= 0.6 is 0 Å². The fraction of sp³-hybridized carbons (Fsp3) is 0.562. The van der Waals surface area contributed by atoms with Crippen molar-refractivity contribution in [2.24, 2.45) is 0 Å². The highest BCUT2D eigenvalue weighted by Gasteiger charge is 2.60. The van der Waals surface area contributed by atoms with Crippen molar-refractivity contribution in [1.82, 2.24) is 9.80 Å². The van der Waals surface area contributed by atoms with Gasteiger partial charge in [-0.2, -0.15) is 26.3 Å². The zero-order valence-corrected chi connectivity index (χ0v) is 13.7. The first kappa shape index (κ1) is 20.3. The molecule has 26 heavy (non-hydrogen) atoms. The van der Waals surface area contributed by atoms with Crippen molar-refractivity contribution in [2.45, 2.75) is 24.9 Å². The number of carbonyl (C=O) groups is 1. The van der Waals surface area contributed by atoms with Crippen LogP contribution in [0.3, 0.4) is 0 Å². The molecule has 0 bridgehead atoms. The van der Waals surface area contributed by atoms with Gasteiger partial charge < -0.3 is 9.64 Å². The van der Waals surface area contributed by atoms with Crippen LogP contribution in [0.25, 0.3) is 0 Å². The van der Waals surface area contributed by atoms with Gasteiger partial charge in [0.05, 0.1) is 0 Å². The van der Waals surface area contributed by atoms with E-state index in [4.69, 9.17) is 0 Å². The summed E-state index contributed by atoms with van der Waals surface area (Å²) < 4.78 is 78.4. The summed E-state index contributed by atoms with van der Waals surface area (Å²) in [4.78, 5) is 14.5. The third-order valence-electron chi connectivity index (χ3n) is 4.00. The van der Waals surface area contributed by atoms with E-state index in [1.165, 1.54) is 0 Å². The lowest BCUT2D eigenvalue weighted by Gasteiger charge is -2.35. The molecule has 1 aromatic carbocycles. The highest BCUT2D eigenvalue weighted by Crippen LogP contribution is 2.36. The molecule has 4 nitrogen and oxygen atoms in total. The monoisotopic (exact) mass is 384 g/mol. The minimum absolute atomic E-state index is 0.00998. The zero-order valence-electron chi connectivity index (χ0n) is 13.7. The van der Waals surface area contributed by atoms with Crippen molar-refractivity contribution >= 4 is 6.09 Å². The Morgan fingerprint density at radius 3 is 2.00 bits per heavy atom. The number of piperazine rings is 1. The number of rotatable bonds is 4. The maximum absolute atomic E-state index is 12.4. The van der Waals surface area contributed by atoms with Gasteiger partial charge in [0.25, 0.3) is 6.10 Å². The summed E-state index contributed by atoms with van der Waals surface area (Å²) in [6.45, 7) is 1.40. The van der Waals surface area contributed by atoms with Crippen molar-refractivity contribution in [2.75, 3.05) is 32.7 Å². The molecule has 1 heterocycles. The van der Waals surface area contributed by atoms with E-state index in [1.54, 1.807) is 0 Å². The summed E-state index contributed by atoms with van der Waals surface area (Å²) in [5.41, 5.74) is 1.12. The molecule has 1 saturated heterocycles. The van der Waals surface area contributed by atoms with E-state index in [-0.39, 0.29) is 13.1 Å². The average molecular weight is 384 g/mol. The van der Waals surface area contributed by atoms with E-state index in [0.29, 0.717) is 19.6 Å². The van der Waals surface area contributed by atoms with Crippen molar-refractivity contribution in [3.05, 3.63) is 35.9 Å². The van der Waals surface area contributed by atoms with Gasteiger partial charge in [0, 0.05) is 32.7 Å². The predicted molar refractivity (Wildman–Crippen MR) is 80.5 cm³/mol. The Balaban J connectivity index is 1.82. The van der Waals surface area contributed by atoms with Gasteiger partial charge in [-0.3, -0.25) is 4.90 Å². The Bertz CT molecular complexity index is 569. The first-order valence-corrected chi connectivity index (χ1v) is 7.92. The third kappa shape index (κ3) is 5.79. The van der Waals surface area contributed by atoms with E-state index in [1.807, 2.05) is 35.2 Å². The first-order chi connectivity index (χ1) is 12.1. The van der Waals surface area contributed by atoms with E-state index in [2.05, 4.69) is 4.74 Å². The molecule has 1 fully saturated rings. The van der Waals surface area contributed by atoms with Crippen LogP contribution in [0.4, 0.5) is 31.1 Å². The fourth-order valence-corrected chi connectivity index (χ4v) is 2.58. The molecule has 0 atom stereocenters. The van der Waals surface area contributed by atoms with Gasteiger partial charge in [0.1, 0.15) is 0 Å². The van der Waals surface area contributed by atoms with Gasteiger partial charge in [0.15, 0.2) is 0 Å². The molecule has 2 rings (SSSR count). The summed E-state index contributed by atoms with van der Waals surface area (Å²) in [6.07, 6.45) is -16.4. The lowest BCUT2D eigenvalue weighted by Crippen LogP contribution is -2.52. The minimum atomic E-state index is -5.70. The fourth-order valence-electron chi connectivity index (χ4n) is 2.58. The van der Waals surface area contributed by atoms with Crippen LogP contribution in [0.1, 0.15) is 5.56 Å². The number of hydrogen-bond donors (Lipinski definition) is 0. The number of halogens is 6. The second-order valence-electron chi connectivity index (χ2n) is 5.91. The number of ether oxygens (including phenoxy) is 1. The molecular weight excluding hydrogens is 366 g/mol. The Kier molecular flexibility index (Phi) is 6.38. The molecule has 0 N–H and O–H groups in total. The summed E-state index contributed by atoms with van der Waals surface area (Å²) in [5, 5.41) is 0. The molecular formula is C16H18F6N2O2. The van der Waals surface area contributed by atoms with E-state index in [9.17, 15) is 31.1 Å². The van der Waals surface area contributed by atoms with Crippen LogP contribution in [0.15, 0.2) is 30.3 Å². The van der Waals surface area contributed by atoms with Gasteiger partial charge in [-0.25, -0.2) is 4.79 Å². The highest BCUT2D eigenvalue weighted by molar-refractivity contribution is 5.68. The van der Waals surface area contributed by atoms with Crippen LogP contribution in [0.5, 0.6) is 0 Å². The number of nitrogens with zero attached hydrogens (tertiary/aromatic N) is 2. The van der Waals surface area contributed by atoms with Crippen molar-refractivity contribution in [3.8, 4) is 0 Å². The molecule has 0 spiro atoms. The molecule has 1 aromatic rings. The van der Waals surface area contributed by atoms with Crippen molar-refractivity contribution in [1.29, 1.82) is 0 Å². The average Bonchev–Trinajstić information content (AvgIpc) is 2.57. The molecule has 0 saturated carbocycles. The number of carbonyl (C=O) groups excluding carboxylic acids is 1. The Morgan fingerprint density at radius 2 is 1.50 bits per heavy atom. The Labute approximate surface area is 146 Å².